The van der Waals surface area contributed by atoms with E-state index in [2.05, 4.69) is 54.0 Å². The monoisotopic (exact) mass is 298 g/mol. The van der Waals surface area contributed by atoms with Crippen LogP contribution < -0.4 is 0 Å². The van der Waals surface area contributed by atoms with Gasteiger partial charge in [0, 0.05) is 6.42 Å². The summed E-state index contributed by atoms with van der Waals surface area (Å²) in [6.07, 6.45) is 4.05. The van der Waals surface area contributed by atoms with E-state index < -0.39 is 0 Å². The van der Waals surface area contributed by atoms with Crippen LogP contribution in [0.3, 0.4) is 0 Å². The fraction of sp³-hybridized carbons (Fsp3) is 0.600. The van der Waals surface area contributed by atoms with E-state index >= 15 is 0 Å². The molecule has 0 fully saturated rings. The van der Waals surface area contributed by atoms with Crippen molar-refractivity contribution in [1.29, 1.82) is 0 Å². The molecule has 0 aromatic heterocycles. The summed E-state index contributed by atoms with van der Waals surface area (Å²) in [6.45, 7) is 32.4. The van der Waals surface area contributed by atoms with Gasteiger partial charge in [-0.05, 0) is 26.3 Å². The predicted molar refractivity (Wildman–Crippen MR) is 104 cm³/mol. The topological polar surface area (TPSA) is 9.23 Å². The minimum atomic E-state index is 0.696. The van der Waals surface area contributed by atoms with Gasteiger partial charge in [0.2, 0.25) is 0 Å². The van der Waals surface area contributed by atoms with Gasteiger partial charge in [0.1, 0.15) is 0 Å². The predicted octanol–water partition coefficient (Wildman–Crippen LogP) is 7.72. The second-order valence-corrected chi connectivity index (χ2v) is 3.74. The zero-order valence-electron chi connectivity index (χ0n) is 16.4. The third-order valence-corrected chi connectivity index (χ3v) is 1.61. The fourth-order valence-electron chi connectivity index (χ4n) is 0.891. The Morgan fingerprint density at radius 1 is 0.952 bits per heavy atom. The van der Waals surface area contributed by atoms with Crippen LogP contribution in [0.15, 0.2) is 49.3 Å². The van der Waals surface area contributed by atoms with Crippen molar-refractivity contribution in [3.8, 4) is 0 Å². The molecule has 128 valence electrons. The Morgan fingerprint density at radius 2 is 1.29 bits per heavy atom. The molecule has 21 heavy (non-hydrogen) atoms. The molecule has 0 saturated carbocycles. The highest BCUT2D eigenvalue weighted by molar-refractivity contribution is 5.21. The molecule has 0 atom stereocenters. The quantitative estimate of drug-likeness (QED) is 0.287. The highest BCUT2D eigenvalue weighted by Gasteiger charge is 1.94. The Balaban J connectivity index is -0.0000000795. The van der Waals surface area contributed by atoms with Gasteiger partial charge < -0.3 is 4.74 Å². The van der Waals surface area contributed by atoms with Gasteiger partial charge >= 0.3 is 0 Å². The summed E-state index contributed by atoms with van der Waals surface area (Å²) in [5.74, 6) is 0.771. The molecule has 0 saturated heterocycles. The molecule has 0 heterocycles. The van der Waals surface area contributed by atoms with E-state index in [-0.39, 0.29) is 0 Å². The van der Waals surface area contributed by atoms with Gasteiger partial charge in [-0.15, -0.1) is 13.2 Å². The van der Waals surface area contributed by atoms with Crippen molar-refractivity contribution in [3.63, 3.8) is 0 Å². The van der Waals surface area contributed by atoms with Crippen molar-refractivity contribution >= 4 is 0 Å². The molecule has 0 aliphatic heterocycles. The van der Waals surface area contributed by atoms with Crippen molar-refractivity contribution in [3.05, 3.63) is 49.3 Å². The summed E-state index contributed by atoms with van der Waals surface area (Å²) in [7, 11) is 0. The van der Waals surface area contributed by atoms with Crippen molar-refractivity contribution in [2.45, 2.75) is 75.2 Å². The summed E-state index contributed by atoms with van der Waals surface area (Å²) < 4.78 is 5.25. The van der Waals surface area contributed by atoms with Crippen molar-refractivity contribution in [2.75, 3.05) is 6.61 Å². The molecule has 1 nitrogen and oxygen atoms in total. The zero-order chi connectivity index (χ0) is 18.3. The van der Waals surface area contributed by atoms with Crippen LogP contribution in [0.25, 0.3) is 0 Å². The first-order valence-corrected chi connectivity index (χ1v) is 8.06. The molecule has 0 spiro atoms. The minimum Gasteiger partial charge on any atom is -0.499 e. The molecule has 0 radical (unpaired) electrons. The molecule has 0 aliphatic carbocycles. The van der Waals surface area contributed by atoms with Gasteiger partial charge in [-0.1, -0.05) is 72.8 Å². The van der Waals surface area contributed by atoms with Crippen LogP contribution in [0, 0.1) is 0 Å². The molecule has 0 amide bonds. The highest BCUT2D eigenvalue weighted by atomic mass is 16.5. The Labute approximate surface area is 136 Å². The molecular weight excluding hydrogens is 256 g/mol. The molecule has 0 aromatic rings. The normalized spacial score (nSPS) is 6.71. The Bertz CT molecular complexity index is 220. The van der Waals surface area contributed by atoms with Crippen LogP contribution in [-0.4, -0.2) is 6.61 Å². The zero-order valence-corrected chi connectivity index (χ0v) is 16.4. The molecule has 0 N–H and O–H groups in total. The van der Waals surface area contributed by atoms with E-state index in [1.807, 2.05) is 40.7 Å². The average Bonchev–Trinajstić information content (AvgIpc) is 2.50. The molecule has 0 unspecified atom stereocenters. The fourth-order valence-corrected chi connectivity index (χ4v) is 0.891. The first-order chi connectivity index (χ1) is 9.99. The molecule has 0 rings (SSSR count). The van der Waals surface area contributed by atoms with Gasteiger partial charge in [0.25, 0.3) is 0 Å². The Morgan fingerprint density at radius 3 is 1.48 bits per heavy atom. The lowest BCUT2D eigenvalue weighted by Gasteiger charge is -2.06. The van der Waals surface area contributed by atoms with Gasteiger partial charge in [-0.3, -0.25) is 0 Å². The number of hydrogen-bond donors (Lipinski definition) is 0. The van der Waals surface area contributed by atoms with Crippen molar-refractivity contribution < 1.29 is 4.74 Å². The smallest absolute Gasteiger partial charge is 0.0917 e. The maximum absolute atomic E-state index is 5.25. The summed E-state index contributed by atoms with van der Waals surface area (Å²) >= 11 is 0. The first kappa shape index (κ1) is 31.9. The molecule has 0 aliphatic rings. The third-order valence-electron chi connectivity index (χ3n) is 1.61. The number of rotatable bonds is 5. The molecule has 0 bridgehead atoms. The van der Waals surface area contributed by atoms with Crippen LogP contribution >= 0.6 is 0 Å². The van der Waals surface area contributed by atoms with Crippen molar-refractivity contribution in [1.82, 2.24) is 0 Å². The Kier molecular flexibility index (Phi) is 55.2. The minimum absolute atomic E-state index is 0.696. The average molecular weight is 299 g/mol. The largest absolute Gasteiger partial charge is 0.499 e. The maximum atomic E-state index is 5.25. The van der Waals surface area contributed by atoms with E-state index in [0.29, 0.717) is 6.61 Å². The van der Waals surface area contributed by atoms with Crippen molar-refractivity contribution in [2.24, 2.45) is 0 Å². The van der Waals surface area contributed by atoms with E-state index in [1.54, 1.807) is 0 Å². The molecular formula is C20H42O. The van der Waals surface area contributed by atoms with Crippen LogP contribution in [-0.2, 0) is 4.74 Å². The summed E-state index contributed by atoms with van der Waals surface area (Å²) in [4.78, 5) is 0. The van der Waals surface area contributed by atoms with Gasteiger partial charge in [-0.25, -0.2) is 0 Å². The summed E-state index contributed by atoms with van der Waals surface area (Å²) in [5, 5.41) is 0. The van der Waals surface area contributed by atoms with E-state index in [1.165, 1.54) is 17.6 Å². The third kappa shape index (κ3) is 45.5. The second-order valence-electron chi connectivity index (χ2n) is 3.74. The van der Waals surface area contributed by atoms with E-state index in [4.69, 9.17) is 4.74 Å². The maximum Gasteiger partial charge on any atom is 0.0917 e. The Hall–Kier alpha value is -1.24. The van der Waals surface area contributed by atoms with Gasteiger partial charge in [0.05, 0.1) is 12.4 Å². The SMILES string of the molecule is C=C.C=CC(CCOC(=C)C)=C(C)C.CC.CC.CCC. The van der Waals surface area contributed by atoms with Gasteiger partial charge in [0.15, 0.2) is 0 Å². The van der Waals surface area contributed by atoms with E-state index in [0.717, 1.165) is 12.2 Å². The lowest BCUT2D eigenvalue weighted by atomic mass is 10.1. The standard InChI is InChI=1S/C11H18O.C3H8.2C2H6.C2H4/c1-6-11(9(2)3)7-8-12-10(4)5;1-3-2;3*1-2/h6H,1,4,7-8H2,2-3,5H3;3H2,1-2H3;2*1-2H3;1-2H2. The number of ether oxygens (including phenoxy) is 1. The lowest BCUT2D eigenvalue weighted by molar-refractivity contribution is 0.219. The first-order valence-electron chi connectivity index (χ1n) is 8.06. The van der Waals surface area contributed by atoms with Gasteiger partial charge in [-0.2, -0.15) is 0 Å². The molecule has 1 heteroatoms. The van der Waals surface area contributed by atoms with Crippen LogP contribution in [0.5, 0.6) is 0 Å². The van der Waals surface area contributed by atoms with Crippen LogP contribution in [0.4, 0.5) is 0 Å². The van der Waals surface area contributed by atoms with E-state index in [9.17, 15) is 0 Å². The highest BCUT2D eigenvalue weighted by Crippen LogP contribution is 2.09. The lowest BCUT2D eigenvalue weighted by Crippen LogP contribution is -1.93. The number of allylic oxidation sites excluding steroid dienone is 3. The van der Waals surface area contributed by atoms with Crippen LogP contribution in [0.1, 0.15) is 75.2 Å². The molecule has 0 aromatic carbocycles. The second kappa shape index (κ2) is 36.3. The summed E-state index contributed by atoms with van der Waals surface area (Å²) in [6, 6.07) is 0. The number of hydrogen-bond acceptors (Lipinski definition) is 1. The summed E-state index contributed by atoms with van der Waals surface area (Å²) in [5.41, 5.74) is 2.56. The van der Waals surface area contributed by atoms with Crippen LogP contribution in [0.2, 0.25) is 0 Å².